The van der Waals surface area contributed by atoms with Crippen molar-refractivity contribution < 1.29 is 4.79 Å². The molecular formula is C15H28N2O. The largest absolute Gasteiger partial charge is 0.335 e. The fourth-order valence-electron chi connectivity index (χ4n) is 4.17. The molecule has 0 aliphatic heterocycles. The molecule has 18 heavy (non-hydrogen) atoms. The molecule has 2 rings (SSSR count). The number of rotatable bonds is 3. The zero-order valence-electron chi connectivity index (χ0n) is 12.5. The first kappa shape index (κ1) is 13.7. The quantitative estimate of drug-likeness (QED) is 0.821. The van der Waals surface area contributed by atoms with Crippen LogP contribution in [0.2, 0.25) is 0 Å². The van der Waals surface area contributed by atoms with Crippen molar-refractivity contribution in [3.8, 4) is 0 Å². The average molecular weight is 252 g/mol. The highest BCUT2D eigenvalue weighted by Gasteiger charge is 2.61. The summed E-state index contributed by atoms with van der Waals surface area (Å²) in [6, 6.07) is 0.480. The van der Waals surface area contributed by atoms with E-state index in [9.17, 15) is 4.79 Å². The summed E-state index contributed by atoms with van der Waals surface area (Å²) in [6.07, 6.45) is 3.76. The van der Waals surface area contributed by atoms with Crippen LogP contribution in [-0.4, -0.2) is 30.1 Å². The Hall–Kier alpha value is -0.730. The minimum absolute atomic E-state index is 0.120. The van der Waals surface area contributed by atoms with Gasteiger partial charge in [0.05, 0.1) is 0 Å². The molecule has 0 heterocycles. The van der Waals surface area contributed by atoms with Gasteiger partial charge in [-0.2, -0.15) is 0 Å². The van der Waals surface area contributed by atoms with E-state index in [1.165, 1.54) is 12.8 Å². The van der Waals surface area contributed by atoms with Gasteiger partial charge in [-0.05, 0) is 49.9 Å². The average Bonchev–Trinajstić information content (AvgIpc) is 2.63. The van der Waals surface area contributed by atoms with Gasteiger partial charge in [0, 0.05) is 19.1 Å². The van der Waals surface area contributed by atoms with Crippen molar-refractivity contribution in [1.82, 2.24) is 10.2 Å². The van der Waals surface area contributed by atoms with Crippen LogP contribution < -0.4 is 5.32 Å². The predicted molar refractivity (Wildman–Crippen MR) is 74.5 cm³/mol. The van der Waals surface area contributed by atoms with E-state index in [1.807, 2.05) is 18.7 Å². The zero-order valence-corrected chi connectivity index (χ0v) is 12.5. The Morgan fingerprint density at radius 2 is 1.89 bits per heavy atom. The molecule has 104 valence electrons. The van der Waals surface area contributed by atoms with Gasteiger partial charge < -0.3 is 10.2 Å². The molecule has 0 aromatic rings. The van der Waals surface area contributed by atoms with Crippen molar-refractivity contribution in [3.05, 3.63) is 0 Å². The van der Waals surface area contributed by atoms with E-state index in [0.29, 0.717) is 11.5 Å². The summed E-state index contributed by atoms with van der Waals surface area (Å²) in [5.74, 6) is 0.782. The Morgan fingerprint density at radius 3 is 2.28 bits per heavy atom. The lowest BCUT2D eigenvalue weighted by Gasteiger charge is -2.40. The van der Waals surface area contributed by atoms with Crippen LogP contribution in [0.15, 0.2) is 0 Å². The van der Waals surface area contributed by atoms with Crippen LogP contribution in [0.4, 0.5) is 4.79 Å². The van der Waals surface area contributed by atoms with Crippen LogP contribution in [0, 0.1) is 16.7 Å². The predicted octanol–water partition coefficient (Wildman–Crippen LogP) is 3.25. The number of carbonyl (C=O) groups is 1. The summed E-state index contributed by atoms with van der Waals surface area (Å²) in [4.78, 5) is 14.1. The Kier molecular flexibility index (Phi) is 3.37. The maximum atomic E-state index is 12.2. The van der Waals surface area contributed by atoms with Crippen molar-refractivity contribution in [2.45, 2.75) is 59.9 Å². The number of fused-ring (bicyclic) bond motifs is 2. The molecule has 2 fully saturated rings. The number of nitrogens with zero attached hydrogens (tertiary/aromatic N) is 1. The monoisotopic (exact) mass is 252 g/mol. The molecule has 1 N–H and O–H groups in total. The third-order valence-corrected chi connectivity index (χ3v) is 6.14. The van der Waals surface area contributed by atoms with Crippen LogP contribution in [-0.2, 0) is 0 Å². The van der Waals surface area contributed by atoms with Crippen molar-refractivity contribution in [2.75, 3.05) is 13.1 Å². The molecule has 0 spiro atoms. The first-order valence-electron chi connectivity index (χ1n) is 7.42. The first-order valence-corrected chi connectivity index (χ1v) is 7.42. The van der Waals surface area contributed by atoms with Gasteiger partial charge in [-0.1, -0.05) is 20.8 Å². The van der Waals surface area contributed by atoms with E-state index >= 15 is 0 Å². The summed E-state index contributed by atoms with van der Waals surface area (Å²) in [5.41, 5.74) is 0.648. The standard InChI is InChI=1S/C15H28N2O/c1-6-17(7-2)13(18)16-12-10-11-8-9-15(12,5)14(11,3)4/h11-12H,6-10H2,1-5H3,(H,16,18). The number of carbonyl (C=O) groups excluding carboxylic acids is 1. The van der Waals surface area contributed by atoms with Crippen LogP contribution in [0.3, 0.4) is 0 Å². The van der Waals surface area contributed by atoms with E-state index in [0.717, 1.165) is 25.4 Å². The van der Waals surface area contributed by atoms with Gasteiger partial charge in [0.25, 0.3) is 0 Å². The third-order valence-electron chi connectivity index (χ3n) is 6.14. The van der Waals surface area contributed by atoms with E-state index in [-0.39, 0.29) is 11.4 Å². The third kappa shape index (κ3) is 1.74. The molecule has 0 saturated heterocycles. The van der Waals surface area contributed by atoms with Crippen molar-refractivity contribution >= 4 is 6.03 Å². The Labute approximate surface area is 111 Å². The van der Waals surface area contributed by atoms with E-state index < -0.39 is 0 Å². The van der Waals surface area contributed by atoms with Crippen molar-refractivity contribution in [2.24, 2.45) is 16.7 Å². The molecule has 2 aliphatic rings. The van der Waals surface area contributed by atoms with Crippen molar-refractivity contribution in [1.29, 1.82) is 0 Å². The number of amides is 2. The molecule has 3 heteroatoms. The zero-order chi connectivity index (χ0) is 13.6. The number of hydrogen-bond acceptors (Lipinski definition) is 1. The summed E-state index contributed by atoms with van der Waals surface area (Å²) in [6.45, 7) is 12.8. The van der Waals surface area contributed by atoms with Crippen LogP contribution in [0.25, 0.3) is 0 Å². The maximum Gasteiger partial charge on any atom is 0.317 e. The van der Waals surface area contributed by atoms with E-state index in [1.54, 1.807) is 0 Å². The van der Waals surface area contributed by atoms with Crippen LogP contribution in [0.5, 0.6) is 0 Å². The molecule has 2 aliphatic carbocycles. The molecule has 2 bridgehead atoms. The fourth-order valence-corrected chi connectivity index (χ4v) is 4.17. The lowest BCUT2D eigenvalue weighted by molar-refractivity contribution is 0.118. The minimum atomic E-state index is 0.120. The molecule has 0 aromatic carbocycles. The van der Waals surface area contributed by atoms with Gasteiger partial charge in [0.2, 0.25) is 0 Å². The molecule has 3 unspecified atom stereocenters. The molecule has 3 nitrogen and oxygen atoms in total. The highest BCUT2D eigenvalue weighted by Crippen LogP contribution is 2.65. The molecule has 0 radical (unpaired) electrons. The molecule has 2 amide bonds. The molecular weight excluding hydrogens is 224 g/mol. The lowest BCUT2D eigenvalue weighted by atomic mass is 9.69. The maximum absolute atomic E-state index is 12.2. The van der Waals surface area contributed by atoms with Gasteiger partial charge in [0.1, 0.15) is 0 Å². The topological polar surface area (TPSA) is 32.3 Å². The molecule has 3 atom stereocenters. The second kappa shape index (κ2) is 4.43. The minimum Gasteiger partial charge on any atom is -0.335 e. The Morgan fingerprint density at radius 1 is 1.28 bits per heavy atom. The normalized spacial score (nSPS) is 36.7. The van der Waals surface area contributed by atoms with Gasteiger partial charge in [-0.15, -0.1) is 0 Å². The summed E-state index contributed by atoms with van der Waals surface area (Å²) in [7, 11) is 0. The van der Waals surface area contributed by atoms with E-state index in [4.69, 9.17) is 0 Å². The highest BCUT2D eigenvalue weighted by molar-refractivity contribution is 5.74. The van der Waals surface area contributed by atoms with Crippen LogP contribution >= 0.6 is 0 Å². The number of nitrogens with one attached hydrogen (secondary N) is 1. The second-order valence-corrected chi connectivity index (χ2v) is 6.78. The van der Waals surface area contributed by atoms with E-state index in [2.05, 4.69) is 26.1 Å². The van der Waals surface area contributed by atoms with Crippen molar-refractivity contribution in [3.63, 3.8) is 0 Å². The Bertz CT molecular complexity index is 335. The Balaban J connectivity index is 2.07. The van der Waals surface area contributed by atoms with Crippen LogP contribution in [0.1, 0.15) is 53.9 Å². The van der Waals surface area contributed by atoms with Gasteiger partial charge in [-0.25, -0.2) is 4.79 Å². The fraction of sp³-hybridized carbons (Fsp3) is 0.933. The molecule has 0 aromatic heterocycles. The smallest absolute Gasteiger partial charge is 0.317 e. The highest BCUT2D eigenvalue weighted by atomic mass is 16.2. The first-order chi connectivity index (χ1) is 8.36. The lowest BCUT2D eigenvalue weighted by Crippen LogP contribution is -2.51. The van der Waals surface area contributed by atoms with Gasteiger partial charge >= 0.3 is 6.03 Å². The summed E-state index contributed by atoms with van der Waals surface area (Å²) >= 11 is 0. The number of hydrogen-bond donors (Lipinski definition) is 1. The number of urea groups is 1. The SMILES string of the molecule is CCN(CC)C(=O)NC1CC2CCC1(C)C2(C)C. The van der Waals surface area contributed by atoms with Gasteiger partial charge in [-0.3, -0.25) is 0 Å². The van der Waals surface area contributed by atoms with Gasteiger partial charge in [0.15, 0.2) is 0 Å². The summed E-state index contributed by atoms with van der Waals surface area (Å²) in [5, 5.41) is 3.30. The second-order valence-electron chi connectivity index (χ2n) is 6.78. The molecule has 2 saturated carbocycles. The summed E-state index contributed by atoms with van der Waals surface area (Å²) < 4.78 is 0.